The molecule has 1 aromatic carbocycles. The summed E-state index contributed by atoms with van der Waals surface area (Å²) in [5.74, 6) is 1.26. The van der Waals surface area contributed by atoms with Crippen LogP contribution in [0.25, 0.3) is 0 Å². The highest BCUT2D eigenvalue weighted by atomic mass is 16.5. The standard InChI is InChI=1S/C19H27N5O/c1-16-15-24(19(20)22-16)21-14-17-7-5-8-18(13-17)25-12-6-11-23-9-3-2-4-10-23/h5,7-8,13-15H,2-4,6,9-12H2,1H3,(H2,20,22). The summed E-state index contributed by atoms with van der Waals surface area (Å²) in [5, 5.41) is 4.34. The Morgan fingerprint density at radius 2 is 2.12 bits per heavy atom. The van der Waals surface area contributed by atoms with Gasteiger partial charge >= 0.3 is 0 Å². The minimum atomic E-state index is 0.388. The Labute approximate surface area is 149 Å². The van der Waals surface area contributed by atoms with Gasteiger partial charge in [0, 0.05) is 6.54 Å². The first-order valence-corrected chi connectivity index (χ1v) is 9.02. The second-order valence-corrected chi connectivity index (χ2v) is 6.51. The van der Waals surface area contributed by atoms with Gasteiger partial charge in [0.25, 0.3) is 0 Å². The molecule has 1 fully saturated rings. The molecule has 2 aromatic rings. The highest BCUT2D eigenvalue weighted by Crippen LogP contribution is 2.14. The van der Waals surface area contributed by atoms with Crippen molar-refractivity contribution >= 4 is 12.2 Å². The van der Waals surface area contributed by atoms with E-state index in [0.717, 1.165) is 36.6 Å². The van der Waals surface area contributed by atoms with Gasteiger partial charge in [-0.25, -0.2) is 9.66 Å². The summed E-state index contributed by atoms with van der Waals surface area (Å²) in [6.45, 7) is 6.23. The highest BCUT2D eigenvalue weighted by molar-refractivity contribution is 5.80. The zero-order valence-electron chi connectivity index (χ0n) is 14.9. The minimum Gasteiger partial charge on any atom is -0.494 e. The summed E-state index contributed by atoms with van der Waals surface area (Å²) in [6, 6.07) is 7.94. The van der Waals surface area contributed by atoms with Crippen molar-refractivity contribution < 1.29 is 4.74 Å². The molecule has 1 aliphatic rings. The first kappa shape index (κ1) is 17.5. The quantitative estimate of drug-likeness (QED) is 0.621. The number of aromatic nitrogens is 2. The number of aryl methyl sites for hydroxylation is 1. The summed E-state index contributed by atoms with van der Waals surface area (Å²) in [4.78, 5) is 6.66. The Bertz CT molecular complexity index is 704. The summed E-state index contributed by atoms with van der Waals surface area (Å²) >= 11 is 0. The number of likely N-dealkylation sites (tertiary alicyclic amines) is 1. The minimum absolute atomic E-state index is 0.388. The third-order valence-electron chi connectivity index (χ3n) is 4.36. The van der Waals surface area contributed by atoms with Crippen molar-refractivity contribution in [3.8, 4) is 5.75 Å². The molecular weight excluding hydrogens is 314 g/mol. The van der Waals surface area contributed by atoms with Gasteiger partial charge in [-0.3, -0.25) is 0 Å². The van der Waals surface area contributed by atoms with Crippen molar-refractivity contribution in [2.45, 2.75) is 32.6 Å². The van der Waals surface area contributed by atoms with Gasteiger partial charge in [-0.05, 0) is 57.0 Å². The molecule has 0 spiro atoms. The molecule has 134 valence electrons. The predicted octanol–water partition coefficient (Wildman–Crippen LogP) is 2.91. The molecule has 0 unspecified atom stereocenters. The number of rotatable bonds is 7. The van der Waals surface area contributed by atoms with Crippen LogP contribution in [0.3, 0.4) is 0 Å². The van der Waals surface area contributed by atoms with Crippen LogP contribution < -0.4 is 10.5 Å². The van der Waals surface area contributed by atoms with E-state index in [-0.39, 0.29) is 0 Å². The van der Waals surface area contributed by atoms with Crippen molar-refractivity contribution in [1.29, 1.82) is 0 Å². The number of hydrogen-bond acceptors (Lipinski definition) is 5. The smallest absolute Gasteiger partial charge is 0.221 e. The summed E-state index contributed by atoms with van der Waals surface area (Å²) < 4.78 is 7.46. The van der Waals surface area contributed by atoms with E-state index in [1.165, 1.54) is 32.4 Å². The molecule has 2 heterocycles. The predicted molar refractivity (Wildman–Crippen MR) is 101 cm³/mol. The fourth-order valence-corrected chi connectivity index (χ4v) is 3.07. The van der Waals surface area contributed by atoms with E-state index in [0.29, 0.717) is 5.95 Å². The molecule has 0 bridgehead atoms. The number of ether oxygens (including phenoxy) is 1. The van der Waals surface area contributed by atoms with E-state index >= 15 is 0 Å². The Morgan fingerprint density at radius 3 is 2.88 bits per heavy atom. The van der Waals surface area contributed by atoms with Crippen LogP contribution in [-0.2, 0) is 0 Å². The molecule has 6 heteroatoms. The van der Waals surface area contributed by atoms with Crippen molar-refractivity contribution in [2.75, 3.05) is 32.0 Å². The second-order valence-electron chi connectivity index (χ2n) is 6.51. The van der Waals surface area contributed by atoms with Crippen LogP contribution in [0.2, 0.25) is 0 Å². The monoisotopic (exact) mass is 341 g/mol. The third kappa shape index (κ3) is 5.32. The molecular formula is C19H27N5O. The van der Waals surface area contributed by atoms with Gasteiger partial charge in [-0.15, -0.1) is 0 Å². The van der Waals surface area contributed by atoms with Crippen LogP contribution in [0.4, 0.5) is 5.95 Å². The molecule has 6 nitrogen and oxygen atoms in total. The summed E-state index contributed by atoms with van der Waals surface area (Å²) in [6.07, 6.45) is 8.67. The Kier molecular flexibility index (Phi) is 6.06. The van der Waals surface area contributed by atoms with E-state index in [1.54, 1.807) is 17.1 Å². The Balaban J connectivity index is 1.48. The maximum atomic E-state index is 5.89. The zero-order chi connectivity index (χ0) is 17.5. The molecule has 25 heavy (non-hydrogen) atoms. The number of nitrogens with zero attached hydrogens (tertiary/aromatic N) is 4. The van der Waals surface area contributed by atoms with Gasteiger partial charge in [0.1, 0.15) is 5.75 Å². The molecule has 2 N–H and O–H groups in total. The van der Waals surface area contributed by atoms with Gasteiger partial charge < -0.3 is 15.4 Å². The second kappa shape index (κ2) is 8.67. The number of imidazole rings is 1. The molecule has 1 saturated heterocycles. The normalized spacial score (nSPS) is 15.7. The lowest BCUT2D eigenvalue weighted by Gasteiger charge is -2.26. The number of anilines is 1. The first-order chi connectivity index (χ1) is 12.2. The Morgan fingerprint density at radius 1 is 1.28 bits per heavy atom. The van der Waals surface area contributed by atoms with Crippen molar-refractivity contribution in [3.63, 3.8) is 0 Å². The van der Waals surface area contributed by atoms with Crippen LogP contribution in [0.15, 0.2) is 35.6 Å². The van der Waals surface area contributed by atoms with E-state index in [4.69, 9.17) is 10.5 Å². The maximum Gasteiger partial charge on any atom is 0.221 e. The van der Waals surface area contributed by atoms with Gasteiger partial charge in [0.2, 0.25) is 5.95 Å². The Hall–Kier alpha value is -2.34. The molecule has 3 rings (SSSR count). The van der Waals surface area contributed by atoms with Gasteiger partial charge in [-0.1, -0.05) is 18.6 Å². The topological polar surface area (TPSA) is 68.7 Å². The van der Waals surface area contributed by atoms with Crippen LogP contribution >= 0.6 is 0 Å². The van der Waals surface area contributed by atoms with Crippen LogP contribution in [-0.4, -0.2) is 47.0 Å². The lowest BCUT2D eigenvalue weighted by Crippen LogP contribution is -2.31. The first-order valence-electron chi connectivity index (χ1n) is 9.02. The molecule has 0 radical (unpaired) electrons. The van der Waals surface area contributed by atoms with Gasteiger partial charge in [0.05, 0.1) is 24.7 Å². The molecule has 1 aromatic heterocycles. The van der Waals surface area contributed by atoms with E-state index in [9.17, 15) is 0 Å². The van der Waals surface area contributed by atoms with Crippen molar-refractivity contribution in [2.24, 2.45) is 5.10 Å². The lowest BCUT2D eigenvalue weighted by atomic mass is 10.1. The van der Waals surface area contributed by atoms with Crippen molar-refractivity contribution in [3.05, 3.63) is 41.7 Å². The van der Waals surface area contributed by atoms with Crippen molar-refractivity contribution in [1.82, 2.24) is 14.6 Å². The number of nitrogen functional groups attached to an aromatic ring is 1. The number of hydrogen-bond donors (Lipinski definition) is 1. The lowest BCUT2D eigenvalue weighted by molar-refractivity contribution is 0.205. The van der Waals surface area contributed by atoms with Gasteiger partial charge in [-0.2, -0.15) is 5.10 Å². The van der Waals surface area contributed by atoms with Crippen LogP contribution in [0.1, 0.15) is 36.9 Å². The number of nitrogens with two attached hydrogens (primary N) is 1. The molecule has 0 amide bonds. The largest absolute Gasteiger partial charge is 0.494 e. The summed E-state index contributed by atoms with van der Waals surface area (Å²) in [5.41, 5.74) is 7.61. The third-order valence-corrected chi connectivity index (χ3v) is 4.36. The molecule has 0 aliphatic carbocycles. The average molecular weight is 341 g/mol. The van der Waals surface area contributed by atoms with Crippen LogP contribution in [0.5, 0.6) is 5.75 Å². The number of piperidine rings is 1. The fourth-order valence-electron chi connectivity index (χ4n) is 3.07. The molecule has 0 saturated carbocycles. The molecule has 1 aliphatic heterocycles. The van der Waals surface area contributed by atoms with E-state index < -0.39 is 0 Å². The van der Waals surface area contributed by atoms with E-state index in [2.05, 4.69) is 15.0 Å². The SMILES string of the molecule is Cc1cn(N=Cc2cccc(OCCCN3CCCCC3)c2)c(N)n1. The zero-order valence-corrected chi connectivity index (χ0v) is 14.9. The number of benzene rings is 1. The highest BCUT2D eigenvalue weighted by Gasteiger charge is 2.09. The maximum absolute atomic E-state index is 5.89. The fraction of sp³-hybridized carbons (Fsp3) is 0.474. The van der Waals surface area contributed by atoms with E-state index in [1.807, 2.05) is 31.2 Å². The molecule has 0 atom stereocenters. The van der Waals surface area contributed by atoms with Crippen LogP contribution in [0, 0.1) is 6.92 Å². The average Bonchev–Trinajstić information content (AvgIpc) is 2.96. The van der Waals surface area contributed by atoms with Gasteiger partial charge in [0.15, 0.2) is 0 Å². The summed E-state index contributed by atoms with van der Waals surface area (Å²) in [7, 11) is 0.